The van der Waals surface area contributed by atoms with Crippen molar-refractivity contribution < 1.29 is 14.3 Å². The Labute approximate surface area is 179 Å². The van der Waals surface area contributed by atoms with E-state index in [1.807, 2.05) is 43.3 Å². The number of amides is 2. The lowest BCUT2D eigenvalue weighted by Gasteiger charge is -2.25. The van der Waals surface area contributed by atoms with Crippen molar-refractivity contribution in [2.75, 3.05) is 26.2 Å². The molecule has 1 aromatic heterocycles. The summed E-state index contributed by atoms with van der Waals surface area (Å²) in [5.41, 5.74) is 1.22. The number of likely N-dealkylation sites (tertiary alicyclic amines) is 2. The number of pyridine rings is 1. The second kappa shape index (κ2) is 9.43. The summed E-state index contributed by atoms with van der Waals surface area (Å²) < 4.78 is 6.18. The Morgan fingerprint density at radius 2 is 1.93 bits per heavy atom. The molecular formula is C23H34N4O3. The summed E-state index contributed by atoms with van der Waals surface area (Å²) in [6.45, 7) is 8.03. The number of nitrogens with one attached hydrogen (secondary N) is 1. The third-order valence-electron chi connectivity index (χ3n) is 6.70. The molecule has 1 aromatic rings. The van der Waals surface area contributed by atoms with E-state index in [4.69, 9.17) is 4.74 Å². The van der Waals surface area contributed by atoms with Gasteiger partial charge in [0.1, 0.15) is 0 Å². The molecule has 30 heavy (non-hydrogen) atoms. The summed E-state index contributed by atoms with van der Waals surface area (Å²) in [6.07, 6.45) is 6.67. The molecule has 1 N–H and O–H groups in total. The van der Waals surface area contributed by atoms with Gasteiger partial charge < -0.3 is 15.0 Å². The van der Waals surface area contributed by atoms with Gasteiger partial charge in [-0.15, -0.1) is 0 Å². The zero-order valence-electron chi connectivity index (χ0n) is 18.1. The molecule has 3 fully saturated rings. The van der Waals surface area contributed by atoms with Gasteiger partial charge in [0.15, 0.2) is 0 Å². The Morgan fingerprint density at radius 3 is 2.63 bits per heavy atom. The van der Waals surface area contributed by atoms with Crippen LogP contribution in [0.25, 0.3) is 0 Å². The number of aromatic nitrogens is 1. The van der Waals surface area contributed by atoms with Crippen LogP contribution in [0.5, 0.6) is 0 Å². The lowest BCUT2D eigenvalue weighted by Crippen LogP contribution is -2.37. The molecule has 0 unspecified atom stereocenters. The Hall–Kier alpha value is -1.99. The van der Waals surface area contributed by atoms with E-state index in [9.17, 15) is 9.59 Å². The van der Waals surface area contributed by atoms with Gasteiger partial charge in [-0.05, 0) is 50.3 Å². The van der Waals surface area contributed by atoms with Crippen LogP contribution in [0.2, 0.25) is 0 Å². The molecule has 164 valence electrons. The molecule has 7 heteroatoms. The highest BCUT2D eigenvalue weighted by Gasteiger charge is 2.51. The van der Waals surface area contributed by atoms with Crippen molar-refractivity contribution in [3.05, 3.63) is 30.1 Å². The number of carbonyl (C=O) groups excluding carboxylic acids is 2. The zero-order valence-corrected chi connectivity index (χ0v) is 18.1. The molecule has 0 aliphatic carbocycles. The second-order valence-corrected chi connectivity index (χ2v) is 9.28. The fourth-order valence-electron chi connectivity index (χ4n) is 5.40. The number of rotatable bonds is 7. The average molecular weight is 415 g/mol. The summed E-state index contributed by atoms with van der Waals surface area (Å²) in [4.78, 5) is 33.9. The maximum absolute atomic E-state index is 12.8. The van der Waals surface area contributed by atoms with E-state index in [-0.39, 0.29) is 41.8 Å². The highest BCUT2D eigenvalue weighted by atomic mass is 16.5. The first kappa shape index (κ1) is 21.2. The van der Waals surface area contributed by atoms with E-state index in [1.165, 1.54) is 5.56 Å². The van der Waals surface area contributed by atoms with Crippen LogP contribution < -0.4 is 5.32 Å². The number of hydrogen-bond donors (Lipinski definition) is 1. The van der Waals surface area contributed by atoms with Crippen LogP contribution in [0.15, 0.2) is 24.5 Å². The van der Waals surface area contributed by atoms with Gasteiger partial charge in [-0.3, -0.25) is 19.5 Å². The maximum Gasteiger partial charge on any atom is 0.225 e. The Kier molecular flexibility index (Phi) is 6.68. The lowest BCUT2D eigenvalue weighted by molar-refractivity contribution is -0.133. The van der Waals surface area contributed by atoms with E-state index in [0.717, 1.165) is 39.0 Å². The summed E-state index contributed by atoms with van der Waals surface area (Å²) in [5.74, 6) is 0.720. The second-order valence-electron chi connectivity index (χ2n) is 9.28. The Balaban J connectivity index is 1.47. The number of fused-ring (bicyclic) bond motifs is 1. The first-order valence-electron chi connectivity index (χ1n) is 11.3. The molecule has 4 atom stereocenters. The van der Waals surface area contributed by atoms with Gasteiger partial charge in [-0.25, -0.2) is 0 Å². The molecule has 2 amide bonds. The van der Waals surface area contributed by atoms with Crippen molar-refractivity contribution in [3.8, 4) is 0 Å². The molecule has 0 aromatic carbocycles. The van der Waals surface area contributed by atoms with E-state index in [2.05, 4.69) is 15.2 Å². The van der Waals surface area contributed by atoms with E-state index in [1.54, 1.807) is 0 Å². The van der Waals surface area contributed by atoms with Crippen LogP contribution in [0.3, 0.4) is 0 Å². The first-order chi connectivity index (χ1) is 14.5. The summed E-state index contributed by atoms with van der Waals surface area (Å²) >= 11 is 0. The first-order valence-corrected chi connectivity index (χ1v) is 11.3. The van der Waals surface area contributed by atoms with Gasteiger partial charge in [-0.2, -0.15) is 0 Å². The molecule has 0 saturated carbocycles. The minimum absolute atomic E-state index is 0.0935. The summed E-state index contributed by atoms with van der Waals surface area (Å²) in [7, 11) is 0. The topological polar surface area (TPSA) is 74.8 Å². The number of nitrogens with zero attached hydrogens (tertiary/aromatic N) is 3. The fourth-order valence-corrected chi connectivity index (χ4v) is 5.40. The fraction of sp³-hybridized carbons (Fsp3) is 0.696. The van der Waals surface area contributed by atoms with Crippen molar-refractivity contribution in [2.45, 2.75) is 64.3 Å². The summed E-state index contributed by atoms with van der Waals surface area (Å²) in [6, 6.07) is 4.47. The van der Waals surface area contributed by atoms with Crippen molar-refractivity contribution in [1.82, 2.24) is 20.1 Å². The molecule has 0 radical (unpaired) electrons. The van der Waals surface area contributed by atoms with Crippen molar-refractivity contribution in [3.63, 3.8) is 0 Å². The molecule has 3 aliphatic rings. The van der Waals surface area contributed by atoms with Gasteiger partial charge >= 0.3 is 0 Å². The predicted octanol–water partition coefficient (Wildman–Crippen LogP) is 1.82. The van der Waals surface area contributed by atoms with E-state index in [0.29, 0.717) is 19.4 Å². The van der Waals surface area contributed by atoms with Crippen LogP contribution in [0.1, 0.15) is 45.1 Å². The molecule has 0 spiro atoms. The van der Waals surface area contributed by atoms with Crippen molar-refractivity contribution >= 4 is 11.8 Å². The van der Waals surface area contributed by atoms with E-state index >= 15 is 0 Å². The monoisotopic (exact) mass is 414 g/mol. The average Bonchev–Trinajstić information content (AvgIpc) is 3.43. The minimum Gasteiger partial charge on any atom is -0.376 e. The summed E-state index contributed by atoms with van der Waals surface area (Å²) in [5, 5.41) is 3.03. The number of hydrogen-bond acceptors (Lipinski definition) is 5. The van der Waals surface area contributed by atoms with Crippen LogP contribution in [-0.2, 0) is 20.9 Å². The van der Waals surface area contributed by atoms with Gasteiger partial charge in [0, 0.05) is 63.0 Å². The molecule has 0 bridgehead atoms. The minimum atomic E-state index is -0.0950. The maximum atomic E-state index is 12.8. The molecule has 4 rings (SSSR count). The Morgan fingerprint density at radius 1 is 1.20 bits per heavy atom. The Bertz CT molecular complexity index is 735. The highest BCUT2D eigenvalue weighted by molar-refractivity contribution is 5.77. The van der Waals surface area contributed by atoms with Gasteiger partial charge in [-0.1, -0.05) is 0 Å². The van der Waals surface area contributed by atoms with Crippen LogP contribution in [0.4, 0.5) is 0 Å². The molecule has 3 saturated heterocycles. The molecule has 3 aliphatic heterocycles. The zero-order chi connectivity index (χ0) is 21.1. The van der Waals surface area contributed by atoms with E-state index < -0.39 is 0 Å². The van der Waals surface area contributed by atoms with Gasteiger partial charge in [0.05, 0.1) is 19.1 Å². The SMILES string of the molecule is CC(C)NC(=O)C[C@@H]1CN(Cc2ccncc2)[C@@H]2CO[C@@H](CC(=O)N3CCCC3)[C@H]12. The third-order valence-corrected chi connectivity index (χ3v) is 6.70. The smallest absolute Gasteiger partial charge is 0.225 e. The van der Waals surface area contributed by atoms with Crippen molar-refractivity contribution in [1.29, 1.82) is 0 Å². The van der Waals surface area contributed by atoms with Gasteiger partial charge in [0.2, 0.25) is 11.8 Å². The lowest BCUT2D eigenvalue weighted by atomic mass is 9.84. The number of carbonyl (C=O) groups is 2. The van der Waals surface area contributed by atoms with Crippen LogP contribution in [0, 0.1) is 11.8 Å². The van der Waals surface area contributed by atoms with Crippen LogP contribution in [-0.4, -0.2) is 71.0 Å². The highest BCUT2D eigenvalue weighted by Crippen LogP contribution is 2.42. The molecule has 4 heterocycles. The van der Waals surface area contributed by atoms with Gasteiger partial charge in [0.25, 0.3) is 0 Å². The normalized spacial score (nSPS) is 28.8. The molecule has 7 nitrogen and oxygen atoms in total. The standard InChI is InChI=1S/C23H34N4O3/c1-16(2)25-21(28)11-18-14-27(13-17-5-7-24-8-6-17)19-15-30-20(23(18)19)12-22(29)26-9-3-4-10-26/h5-8,16,18-20,23H,3-4,9-15H2,1-2H3,(H,25,28)/t18-,19-,20+,23-/m1/s1. The number of ether oxygens (including phenoxy) is 1. The third kappa shape index (κ3) is 4.83. The largest absolute Gasteiger partial charge is 0.376 e. The quantitative estimate of drug-likeness (QED) is 0.737. The predicted molar refractivity (Wildman–Crippen MR) is 113 cm³/mol. The molecular weight excluding hydrogens is 380 g/mol. The van der Waals surface area contributed by atoms with Crippen LogP contribution >= 0.6 is 0 Å². The van der Waals surface area contributed by atoms with Crippen molar-refractivity contribution in [2.24, 2.45) is 11.8 Å².